The minimum absolute atomic E-state index is 0.0798. The number of hydrogen-bond acceptors (Lipinski definition) is 3. The first-order chi connectivity index (χ1) is 12.6. The number of carbonyl (C=O) groups is 1. The van der Waals surface area contributed by atoms with Gasteiger partial charge in [-0.05, 0) is 43.2 Å². The predicted molar refractivity (Wildman–Crippen MR) is 103 cm³/mol. The molecular formula is C21H26FN3O. The summed E-state index contributed by atoms with van der Waals surface area (Å²) in [5, 5.41) is 3.04. The molecule has 4 nitrogen and oxygen atoms in total. The molecule has 5 heteroatoms. The van der Waals surface area contributed by atoms with Gasteiger partial charge in [0.2, 0.25) is 5.91 Å². The fourth-order valence-corrected chi connectivity index (χ4v) is 3.31. The molecule has 2 aromatic carbocycles. The summed E-state index contributed by atoms with van der Waals surface area (Å²) in [6.07, 6.45) is 0.845. The van der Waals surface area contributed by atoms with E-state index in [1.54, 1.807) is 0 Å². The Balaban J connectivity index is 1.43. The summed E-state index contributed by atoms with van der Waals surface area (Å²) in [5.74, 6) is -0.135. The summed E-state index contributed by atoms with van der Waals surface area (Å²) in [6.45, 7) is 5.95. The van der Waals surface area contributed by atoms with Crippen LogP contribution in [0, 0.1) is 5.82 Å². The van der Waals surface area contributed by atoms with Gasteiger partial charge in [0, 0.05) is 38.4 Å². The molecule has 1 aliphatic heterocycles. The van der Waals surface area contributed by atoms with E-state index in [9.17, 15) is 9.18 Å². The Morgan fingerprint density at radius 1 is 1.04 bits per heavy atom. The van der Waals surface area contributed by atoms with Crippen molar-refractivity contribution >= 4 is 11.6 Å². The monoisotopic (exact) mass is 355 g/mol. The molecule has 0 radical (unpaired) electrons. The first-order valence-electron chi connectivity index (χ1n) is 9.20. The summed E-state index contributed by atoms with van der Waals surface area (Å²) >= 11 is 0. The van der Waals surface area contributed by atoms with Crippen LogP contribution in [-0.2, 0) is 11.2 Å². The van der Waals surface area contributed by atoms with Crippen molar-refractivity contribution in [3.8, 4) is 0 Å². The number of nitrogens with zero attached hydrogens (tertiary/aromatic N) is 2. The van der Waals surface area contributed by atoms with Crippen LogP contribution in [0.1, 0.15) is 12.5 Å². The van der Waals surface area contributed by atoms with Crippen molar-refractivity contribution in [2.24, 2.45) is 0 Å². The summed E-state index contributed by atoms with van der Waals surface area (Å²) < 4.78 is 13.0. The molecule has 1 atom stereocenters. The molecule has 1 amide bonds. The Morgan fingerprint density at radius 2 is 1.69 bits per heavy atom. The summed E-state index contributed by atoms with van der Waals surface area (Å²) in [4.78, 5) is 16.9. The lowest BCUT2D eigenvalue weighted by Gasteiger charge is -2.38. The number of rotatable bonds is 6. The molecule has 0 saturated carbocycles. The van der Waals surface area contributed by atoms with Crippen LogP contribution < -0.4 is 10.2 Å². The van der Waals surface area contributed by atoms with Crippen LogP contribution in [0.3, 0.4) is 0 Å². The third kappa shape index (κ3) is 4.82. The average molecular weight is 355 g/mol. The first kappa shape index (κ1) is 18.4. The molecule has 1 saturated heterocycles. The van der Waals surface area contributed by atoms with E-state index in [0.29, 0.717) is 6.54 Å². The number of benzene rings is 2. The van der Waals surface area contributed by atoms with Gasteiger partial charge < -0.3 is 10.2 Å². The fraction of sp³-hybridized carbons (Fsp3) is 0.381. The quantitative estimate of drug-likeness (QED) is 0.865. The molecule has 0 aromatic heterocycles. The number of piperazine rings is 1. The maximum Gasteiger partial charge on any atom is 0.237 e. The molecule has 1 aliphatic rings. The van der Waals surface area contributed by atoms with Gasteiger partial charge in [-0.1, -0.05) is 30.3 Å². The Hall–Kier alpha value is -2.40. The van der Waals surface area contributed by atoms with E-state index < -0.39 is 0 Å². The van der Waals surface area contributed by atoms with Gasteiger partial charge in [0.15, 0.2) is 0 Å². The molecule has 0 bridgehead atoms. The Labute approximate surface area is 154 Å². The van der Waals surface area contributed by atoms with E-state index in [1.165, 1.54) is 17.7 Å². The van der Waals surface area contributed by atoms with Crippen molar-refractivity contribution < 1.29 is 9.18 Å². The largest absolute Gasteiger partial charge is 0.369 e. The Morgan fingerprint density at radius 3 is 2.35 bits per heavy atom. The highest BCUT2D eigenvalue weighted by Crippen LogP contribution is 2.17. The average Bonchev–Trinajstić information content (AvgIpc) is 2.69. The van der Waals surface area contributed by atoms with E-state index in [0.717, 1.165) is 38.3 Å². The Bertz CT molecular complexity index is 697. The highest BCUT2D eigenvalue weighted by molar-refractivity contribution is 5.81. The third-order valence-corrected chi connectivity index (χ3v) is 4.99. The second kappa shape index (κ2) is 8.81. The van der Waals surface area contributed by atoms with Crippen LogP contribution >= 0.6 is 0 Å². The molecular weight excluding hydrogens is 329 g/mol. The zero-order chi connectivity index (χ0) is 18.4. The van der Waals surface area contributed by atoms with Gasteiger partial charge in [-0.3, -0.25) is 9.69 Å². The van der Waals surface area contributed by atoms with Gasteiger partial charge in [-0.15, -0.1) is 0 Å². The normalized spacial score (nSPS) is 16.3. The lowest BCUT2D eigenvalue weighted by Crippen LogP contribution is -2.54. The van der Waals surface area contributed by atoms with Crippen LogP contribution in [0.2, 0.25) is 0 Å². The van der Waals surface area contributed by atoms with Crippen molar-refractivity contribution in [2.75, 3.05) is 37.6 Å². The SMILES string of the molecule is CC(C(=O)NCCc1ccccc1)N1CCN(c2ccc(F)cc2)CC1. The summed E-state index contributed by atoms with van der Waals surface area (Å²) in [5.41, 5.74) is 2.26. The molecule has 1 fully saturated rings. The van der Waals surface area contributed by atoms with Gasteiger partial charge in [0.05, 0.1) is 6.04 Å². The second-order valence-electron chi connectivity index (χ2n) is 6.70. The third-order valence-electron chi connectivity index (χ3n) is 4.99. The van der Waals surface area contributed by atoms with Gasteiger partial charge in [0.25, 0.3) is 0 Å². The minimum atomic E-state index is -0.215. The summed E-state index contributed by atoms with van der Waals surface area (Å²) in [6, 6.07) is 16.6. The molecule has 26 heavy (non-hydrogen) atoms. The van der Waals surface area contributed by atoms with Crippen LogP contribution in [0.15, 0.2) is 54.6 Å². The number of anilines is 1. The van der Waals surface area contributed by atoms with Crippen molar-refractivity contribution in [1.82, 2.24) is 10.2 Å². The zero-order valence-electron chi connectivity index (χ0n) is 15.2. The fourth-order valence-electron chi connectivity index (χ4n) is 3.31. The number of carbonyl (C=O) groups excluding carboxylic acids is 1. The van der Waals surface area contributed by atoms with Gasteiger partial charge in [-0.2, -0.15) is 0 Å². The van der Waals surface area contributed by atoms with E-state index in [1.807, 2.05) is 37.3 Å². The van der Waals surface area contributed by atoms with Crippen LogP contribution in [-0.4, -0.2) is 49.6 Å². The molecule has 0 aliphatic carbocycles. The predicted octanol–water partition coefficient (Wildman–Crippen LogP) is 2.70. The number of halogens is 1. The number of nitrogens with one attached hydrogen (secondary N) is 1. The van der Waals surface area contributed by atoms with Gasteiger partial charge >= 0.3 is 0 Å². The lowest BCUT2D eigenvalue weighted by atomic mass is 10.1. The maximum absolute atomic E-state index is 13.0. The highest BCUT2D eigenvalue weighted by atomic mass is 19.1. The number of amides is 1. The molecule has 138 valence electrons. The van der Waals surface area contributed by atoms with E-state index >= 15 is 0 Å². The first-order valence-corrected chi connectivity index (χ1v) is 9.20. The van der Waals surface area contributed by atoms with Crippen LogP contribution in [0.5, 0.6) is 0 Å². The maximum atomic E-state index is 13.0. The Kier molecular flexibility index (Phi) is 6.23. The van der Waals surface area contributed by atoms with Gasteiger partial charge in [0.1, 0.15) is 5.82 Å². The van der Waals surface area contributed by atoms with Crippen LogP contribution in [0.25, 0.3) is 0 Å². The standard InChI is InChI=1S/C21H26FN3O/c1-17(21(26)23-12-11-18-5-3-2-4-6-18)24-13-15-25(16-14-24)20-9-7-19(22)8-10-20/h2-10,17H,11-16H2,1H3,(H,23,26). The van der Waals surface area contributed by atoms with Crippen molar-refractivity contribution in [1.29, 1.82) is 0 Å². The minimum Gasteiger partial charge on any atom is -0.369 e. The van der Waals surface area contributed by atoms with E-state index in [2.05, 4.69) is 27.2 Å². The van der Waals surface area contributed by atoms with Crippen LogP contribution in [0.4, 0.5) is 10.1 Å². The van der Waals surface area contributed by atoms with E-state index in [-0.39, 0.29) is 17.8 Å². The molecule has 1 heterocycles. The highest BCUT2D eigenvalue weighted by Gasteiger charge is 2.25. The molecule has 1 N–H and O–H groups in total. The topological polar surface area (TPSA) is 35.6 Å². The molecule has 2 aromatic rings. The van der Waals surface area contributed by atoms with Crippen molar-refractivity contribution in [2.45, 2.75) is 19.4 Å². The molecule has 1 unspecified atom stereocenters. The summed E-state index contributed by atoms with van der Waals surface area (Å²) in [7, 11) is 0. The second-order valence-corrected chi connectivity index (χ2v) is 6.70. The van der Waals surface area contributed by atoms with Crippen molar-refractivity contribution in [3.05, 3.63) is 66.0 Å². The zero-order valence-corrected chi connectivity index (χ0v) is 15.2. The van der Waals surface area contributed by atoms with Gasteiger partial charge in [-0.25, -0.2) is 4.39 Å². The van der Waals surface area contributed by atoms with E-state index in [4.69, 9.17) is 0 Å². The number of hydrogen-bond donors (Lipinski definition) is 1. The smallest absolute Gasteiger partial charge is 0.237 e. The molecule has 3 rings (SSSR count). The molecule has 0 spiro atoms. The van der Waals surface area contributed by atoms with Crippen molar-refractivity contribution in [3.63, 3.8) is 0 Å². The lowest BCUT2D eigenvalue weighted by molar-refractivity contribution is -0.125.